The van der Waals surface area contributed by atoms with Crippen molar-refractivity contribution in [2.75, 3.05) is 5.32 Å². The average molecular weight is 573 g/mol. The zero-order valence-electron chi connectivity index (χ0n) is 23.5. The zero-order chi connectivity index (χ0) is 29.0. The largest absolute Gasteiger partial charge is 0.464 e. The number of hydrogen-bond donors (Lipinski definition) is 3. The van der Waals surface area contributed by atoms with Crippen LogP contribution in [0.25, 0.3) is 27.5 Å². The fraction of sp³-hybridized carbons (Fsp3) is 0.0556. The van der Waals surface area contributed by atoms with E-state index in [-0.39, 0.29) is 12.4 Å². The second-order valence-corrected chi connectivity index (χ2v) is 10.9. The molecule has 6 aromatic rings. The van der Waals surface area contributed by atoms with Crippen LogP contribution in [0.4, 0.5) is 5.69 Å². The number of benzene rings is 4. The van der Waals surface area contributed by atoms with Gasteiger partial charge in [0.2, 0.25) is 0 Å². The lowest BCUT2D eigenvalue weighted by atomic mass is 10.1. The van der Waals surface area contributed by atoms with E-state index < -0.39 is 0 Å². The third-order valence-corrected chi connectivity index (χ3v) is 8.30. The van der Waals surface area contributed by atoms with Gasteiger partial charge in [0.1, 0.15) is 17.2 Å². The number of aromatic nitrogens is 2. The number of amidine groups is 2. The van der Waals surface area contributed by atoms with Crippen molar-refractivity contribution in [3.63, 3.8) is 0 Å². The number of para-hydroxylation sites is 1. The molecule has 0 aliphatic carbocycles. The van der Waals surface area contributed by atoms with Gasteiger partial charge in [-0.2, -0.15) is 0 Å². The van der Waals surface area contributed by atoms with Crippen molar-refractivity contribution in [2.45, 2.75) is 12.4 Å². The third kappa shape index (κ3) is 3.90. The van der Waals surface area contributed by atoms with Gasteiger partial charge in [-0.05, 0) is 48.5 Å². The van der Waals surface area contributed by atoms with Crippen LogP contribution >= 0.6 is 0 Å². The fourth-order valence-corrected chi connectivity index (χ4v) is 6.20. The lowest BCUT2D eigenvalue weighted by Crippen LogP contribution is -2.36. The molecular formula is C36H26N7O+. The van der Waals surface area contributed by atoms with Crippen LogP contribution in [-0.4, -0.2) is 33.7 Å². The Balaban J connectivity index is 1.11. The minimum Gasteiger partial charge on any atom is -0.464 e. The van der Waals surface area contributed by atoms with Gasteiger partial charge in [0.25, 0.3) is 6.21 Å². The lowest BCUT2D eigenvalue weighted by Gasteiger charge is -2.21. The molecule has 8 nitrogen and oxygen atoms in total. The van der Waals surface area contributed by atoms with E-state index in [1.165, 1.54) is 0 Å². The SMILES string of the molecule is C1=[N+]=CC(C2=NC(c3cc[nH]c3)N=C(c3ccc(-n4c5ccccc5c5c6c(ccc54)NC(c4ccccc4)O6)cc3)N2)=C1. The van der Waals surface area contributed by atoms with Crippen LogP contribution in [0, 0.1) is 0 Å². The highest BCUT2D eigenvalue weighted by Crippen LogP contribution is 2.47. The second-order valence-electron chi connectivity index (χ2n) is 10.9. The summed E-state index contributed by atoms with van der Waals surface area (Å²) in [5.74, 6) is 2.40. The number of nitrogens with zero attached hydrogens (tertiary/aromatic N) is 4. The van der Waals surface area contributed by atoms with Gasteiger partial charge in [-0.1, -0.05) is 48.5 Å². The van der Waals surface area contributed by atoms with E-state index in [4.69, 9.17) is 14.7 Å². The molecule has 4 aromatic carbocycles. The van der Waals surface area contributed by atoms with Gasteiger partial charge in [0.15, 0.2) is 18.1 Å². The molecule has 0 spiro atoms. The molecule has 3 aliphatic rings. The average Bonchev–Trinajstić information content (AvgIpc) is 3.91. The number of anilines is 1. The number of fused-ring (bicyclic) bond motifs is 5. The van der Waals surface area contributed by atoms with Gasteiger partial charge in [-0.25, -0.2) is 9.98 Å². The number of ether oxygens (including phenoxy) is 1. The van der Waals surface area contributed by atoms with E-state index in [0.717, 1.165) is 72.9 Å². The summed E-state index contributed by atoms with van der Waals surface area (Å²) in [5.41, 5.74) is 8.26. The highest BCUT2D eigenvalue weighted by molar-refractivity contribution is 6.25. The summed E-state index contributed by atoms with van der Waals surface area (Å²) >= 11 is 0. The smallest absolute Gasteiger partial charge is 0.303 e. The van der Waals surface area contributed by atoms with Crippen molar-refractivity contribution >= 4 is 51.6 Å². The topological polar surface area (TPSA) is 92.8 Å². The molecule has 2 atom stereocenters. The van der Waals surface area contributed by atoms with Crippen molar-refractivity contribution in [3.05, 3.63) is 138 Å². The minimum absolute atomic E-state index is 0.227. The lowest BCUT2D eigenvalue weighted by molar-refractivity contribution is 0.263. The Bertz CT molecular complexity index is 2230. The summed E-state index contributed by atoms with van der Waals surface area (Å²) in [6.45, 7) is 0. The maximum Gasteiger partial charge on any atom is 0.303 e. The quantitative estimate of drug-likeness (QED) is 0.215. The first kappa shape index (κ1) is 24.5. The zero-order valence-corrected chi connectivity index (χ0v) is 23.5. The number of aliphatic imine (C=N–C) groups is 2. The van der Waals surface area contributed by atoms with Gasteiger partial charge in [0, 0.05) is 46.2 Å². The van der Waals surface area contributed by atoms with Gasteiger partial charge in [-0.3, -0.25) is 0 Å². The second kappa shape index (κ2) is 9.73. The number of H-pyrrole nitrogens is 1. The van der Waals surface area contributed by atoms with Crippen LogP contribution in [0.2, 0.25) is 0 Å². The number of rotatable bonds is 5. The van der Waals surface area contributed by atoms with Crippen LogP contribution in [-0.2, 0) is 0 Å². The molecule has 3 N–H and O–H groups in total. The summed E-state index contributed by atoms with van der Waals surface area (Å²) < 4.78 is 13.1. The van der Waals surface area contributed by atoms with Crippen molar-refractivity contribution in [2.24, 2.45) is 9.98 Å². The molecule has 2 aromatic heterocycles. The molecule has 3 aliphatic heterocycles. The van der Waals surface area contributed by atoms with E-state index in [0.29, 0.717) is 0 Å². The standard InChI is InChI=1S/C36H26N7O/c1-2-6-23(7-3-1)36-39-28-14-15-30-31(32(28)44-36)27-8-4-5-9-29(27)43(30)26-12-10-22(11-13-26)33-40-34(24-16-18-37-20-24)42-35(41-33)25-17-19-38-21-25/h1-21,34,36-37,39H,(H,40,41,42)/q+1. The van der Waals surface area contributed by atoms with E-state index >= 15 is 0 Å². The van der Waals surface area contributed by atoms with Crippen molar-refractivity contribution < 1.29 is 4.74 Å². The summed E-state index contributed by atoms with van der Waals surface area (Å²) in [6, 6.07) is 33.6. The molecule has 0 amide bonds. The van der Waals surface area contributed by atoms with Crippen LogP contribution in [0.5, 0.6) is 5.75 Å². The maximum absolute atomic E-state index is 6.58. The molecule has 0 saturated carbocycles. The molecule has 44 heavy (non-hydrogen) atoms. The molecule has 210 valence electrons. The van der Waals surface area contributed by atoms with Crippen LogP contribution in [0.1, 0.15) is 29.1 Å². The predicted molar refractivity (Wildman–Crippen MR) is 177 cm³/mol. The van der Waals surface area contributed by atoms with E-state index in [2.05, 4.69) is 97.6 Å². The molecule has 9 rings (SSSR count). The van der Waals surface area contributed by atoms with Crippen LogP contribution in [0.3, 0.4) is 0 Å². The molecular weight excluding hydrogens is 546 g/mol. The van der Waals surface area contributed by atoms with E-state index in [1.807, 2.05) is 48.9 Å². The number of hydrogen-bond acceptors (Lipinski definition) is 5. The number of aromatic amines is 1. The monoisotopic (exact) mass is 572 g/mol. The van der Waals surface area contributed by atoms with Crippen LogP contribution < -0.4 is 20.0 Å². The summed E-state index contributed by atoms with van der Waals surface area (Å²) in [7, 11) is 0. The Labute approximate surface area is 252 Å². The molecule has 0 fully saturated rings. The summed E-state index contributed by atoms with van der Waals surface area (Å²) in [5, 5.41) is 9.25. The molecule has 2 unspecified atom stereocenters. The Morgan fingerprint density at radius 2 is 1.61 bits per heavy atom. The number of nitrogens with one attached hydrogen (secondary N) is 3. The molecule has 8 heteroatoms. The Morgan fingerprint density at radius 1 is 0.773 bits per heavy atom. The molecule has 0 saturated heterocycles. The van der Waals surface area contributed by atoms with Crippen molar-refractivity contribution in [3.8, 4) is 11.4 Å². The number of allylic oxidation sites excluding steroid dienone is 1. The molecule has 0 radical (unpaired) electrons. The minimum atomic E-state index is -0.352. The highest BCUT2D eigenvalue weighted by atomic mass is 16.5. The van der Waals surface area contributed by atoms with Crippen LogP contribution in [0.15, 0.2) is 131 Å². The highest BCUT2D eigenvalue weighted by Gasteiger charge is 2.28. The third-order valence-electron chi connectivity index (χ3n) is 8.30. The van der Waals surface area contributed by atoms with Gasteiger partial charge in [0.05, 0.1) is 22.1 Å². The fourth-order valence-electron chi connectivity index (χ4n) is 6.20. The normalized spacial score (nSPS) is 18.4. The first-order valence-electron chi connectivity index (χ1n) is 14.6. The first-order valence-corrected chi connectivity index (χ1v) is 14.6. The first-order chi connectivity index (χ1) is 21.8. The maximum atomic E-state index is 6.58. The summed E-state index contributed by atoms with van der Waals surface area (Å²) in [6.07, 6.45) is 8.79. The van der Waals surface area contributed by atoms with Crippen molar-refractivity contribution in [1.82, 2.24) is 19.5 Å². The Morgan fingerprint density at radius 3 is 2.43 bits per heavy atom. The van der Waals surface area contributed by atoms with Gasteiger partial charge < -0.3 is 24.9 Å². The molecule has 5 heterocycles. The predicted octanol–water partition coefficient (Wildman–Crippen LogP) is 6.21. The van der Waals surface area contributed by atoms with E-state index in [9.17, 15) is 0 Å². The molecule has 0 bridgehead atoms. The van der Waals surface area contributed by atoms with Gasteiger partial charge in [-0.15, -0.1) is 4.67 Å². The Hall–Kier alpha value is -6.11. The summed E-state index contributed by atoms with van der Waals surface area (Å²) in [4.78, 5) is 12.9. The Kier molecular flexibility index (Phi) is 5.41. The van der Waals surface area contributed by atoms with E-state index in [1.54, 1.807) is 6.21 Å². The van der Waals surface area contributed by atoms with Gasteiger partial charge >= 0.3 is 6.21 Å². The van der Waals surface area contributed by atoms with Crippen molar-refractivity contribution in [1.29, 1.82) is 0 Å².